The van der Waals surface area contributed by atoms with Gasteiger partial charge in [0.15, 0.2) is 0 Å². The van der Waals surface area contributed by atoms with E-state index in [2.05, 4.69) is 80.7 Å². The Morgan fingerprint density at radius 3 is 1.55 bits per heavy atom. The first-order valence-corrected chi connectivity index (χ1v) is 12.4. The summed E-state index contributed by atoms with van der Waals surface area (Å²) in [5.41, 5.74) is 7.60. The molecular weight excluding hydrogens is 374 g/mol. The van der Waals surface area contributed by atoms with Crippen LogP contribution in [0.4, 0.5) is 0 Å². The van der Waals surface area contributed by atoms with Gasteiger partial charge in [-0.1, -0.05) is 113 Å². The van der Waals surface area contributed by atoms with Crippen LogP contribution < -0.4 is 0 Å². The third-order valence-electron chi connectivity index (χ3n) is 6.18. The molecule has 1 nitrogen and oxygen atoms in total. The molecule has 1 aromatic heterocycles. The molecule has 0 atom stereocenters. The van der Waals surface area contributed by atoms with E-state index in [4.69, 9.17) is 4.98 Å². The molecule has 0 saturated carbocycles. The fourth-order valence-corrected chi connectivity index (χ4v) is 4.13. The van der Waals surface area contributed by atoms with Crippen LogP contribution >= 0.6 is 0 Å². The Bertz CT molecular complexity index is 860. The lowest BCUT2D eigenvalue weighted by Gasteiger charge is -2.07. The lowest BCUT2D eigenvalue weighted by molar-refractivity contribution is 0.632. The molecule has 0 fully saturated rings. The lowest BCUT2D eigenvalue weighted by Crippen LogP contribution is -1.90. The molecule has 0 aliphatic heterocycles. The maximum atomic E-state index is 4.71. The highest BCUT2D eigenvalue weighted by Gasteiger charge is 2.03. The molecule has 0 amide bonds. The average molecular weight is 414 g/mol. The van der Waals surface area contributed by atoms with Crippen molar-refractivity contribution in [3.8, 4) is 22.4 Å². The first kappa shape index (κ1) is 23.3. The van der Waals surface area contributed by atoms with Crippen LogP contribution in [-0.4, -0.2) is 4.98 Å². The Balaban J connectivity index is 1.53. The standard InChI is InChI=1S/C30H39N/c1-3-5-7-9-11-12-25-14-17-27(18-15-25)28-19-21-29(22-20-28)30-23-16-26(24-31-30)13-10-8-6-4-2/h14-24H,3-13H2,1-2H3. The van der Waals surface area contributed by atoms with Crippen LogP contribution in [0.15, 0.2) is 66.9 Å². The zero-order chi connectivity index (χ0) is 21.7. The maximum Gasteiger partial charge on any atom is 0.0702 e. The Morgan fingerprint density at radius 2 is 0.968 bits per heavy atom. The molecule has 0 saturated heterocycles. The molecule has 3 rings (SSSR count). The third kappa shape index (κ3) is 7.65. The SMILES string of the molecule is CCCCCCCc1ccc(-c2ccc(-c3ccc(CCCCCC)cn3)cc2)cc1. The second kappa shape index (κ2) is 13.1. The summed E-state index contributed by atoms with van der Waals surface area (Å²) < 4.78 is 0. The largest absolute Gasteiger partial charge is 0.256 e. The van der Waals surface area contributed by atoms with E-state index in [-0.39, 0.29) is 0 Å². The Labute approximate surface area is 190 Å². The maximum absolute atomic E-state index is 4.71. The first-order valence-electron chi connectivity index (χ1n) is 12.4. The summed E-state index contributed by atoms with van der Waals surface area (Å²) in [6, 6.07) is 22.4. The minimum absolute atomic E-state index is 1.06. The van der Waals surface area contributed by atoms with E-state index in [1.807, 2.05) is 0 Å². The zero-order valence-corrected chi connectivity index (χ0v) is 19.6. The summed E-state index contributed by atoms with van der Waals surface area (Å²) in [7, 11) is 0. The number of hydrogen-bond acceptors (Lipinski definition) is 1. The topological polar surface area (TPSA) is 12.9 Å². The molecule has 31 heavy (non-hydrogen) atoms. The third-order valence-corrected chi connectivity index (χ3v) is 6.18. The van der Waals surface area contributed by atoms with Crippen molar-refractivity contribution in [1.82, 2.24) is 4.98 Å². The van der Waals surface area contributed by atoms with Crippen molar-refractivity contribution in [3.05, 3.63) is 78.0 Å². The number of benzene rings is 2. The van der Waals surface area contributed by atoms with Crippen LogP contribution in [0.3, 0.4) is 0 Å². The highest BCUT2D eigenvalue weighted by atomic mass is 14.7. The van der Waals surface area contributed by atoms with Crippen molar-refractivity contribution >= 4 is 0 Å². The van der Waals surface area contributed by atoms with Gasteiger partial charge in [-0.25, -0.2) is 0 Å². The smallest absolute Gasteiger partial charge is 0.0702 e. The molecule has 1 heteroatoms. The van der Waals surface area contributed by atoms with Crippen LogP contribution in [0.1, 0.15) is 82.8 Å². The Kier molecular flexibility index (Phi) is 9.83. The van der Waals surface area contributed by atoms with Gasteiger partial charge < -0.3 is 0 Å². The van der Waals surface area contributed by atoms with Gasteiger partial charge in [0.1, 0.15) is 0 Å². The number of hydrogen-bond donors (Lipinski definition) is 0. The van der Waals surface area contributed by atoms with Gasteiger partial charge in [-0.15, -0.1) is 0 Å². The van der Waals surface area contributed by atoms with Gasteiger partial charge in [-0.3, -0.25) is 4.98 Å². The molecule has 3 aromatic rings. The number of aryl methyl sites for hydroxylation is 2. The average Bonchev–Trinajstić information content (AvgIpc) is 2.83. The predicted octanol–water partition coefficient (Wildman–Crippen LogP) is 9.05. The van der Waals surface area contributed by atoms with Gasteiger partial charge in [0.2, 0.25) is 0 Å². The van der Waals surface area contributed by atoms with Crippen molar-refractivity contribution in [2.24, 2.45) is 0 Å². The highest BCUT2D eigenvalue weighted by molar-refractivity contribution is 5.69. The molecule has 1 heterocycles. The first-order chi connectivity index (χ1) is 15.3. The summed E-state index contributed by atoms with van der Waals surface area (Å²) in [4.78, 5) is 4.71. The Hall–Kier alpha value is -2.41. The summed E-state index contributed by atoms with van der Waals surface area (Å²) in [5, 5.41) is 0. The minimum atomic E-state index is 1.06. The second-order valence-electron chi connectivity index (χ2n) is 8.80. The van der Waals surface area contributed by atoms with Gasteiger partial charge in [-0.2, -0.15) is 0 Å². The molecule has 0 aliphatic carbocycles. The van der Waals surface area contributed by atoms with Gasteiger partial charge in [0.05, 0.1) is 5.69 Å². The van der Waals surface area contributed by atoms with Gasteiger partial charge in [0.25, 0.3) is 0 Å². The number of unbranched alkanes of at least 4 members (excludes halogenated alkanes) is 7. The zero-order valence-electron chi connectivity index (χ0n) is 19.6. The van der Waals surface area contributed by atoms with Crippen molar-refractivity contribution in [2.45, 2.75) is 84.5 Å². The summed E-state index contributed by atoms with van der Waals surface area (Å²) in [5.74, 6) is 0. The van der Waals surface area contributed by atoms with Crippen LogP contribution in [0.5, 0.6) is 0 Å². The number of pyridine rings is 1. The van der Waals surface area contributed by atoms with Crippen LogP contribution in [0, 0.1) is 0 Å². The van der Waals surface area contributed by atoms with E-state index in [1.54, 1.807) is 0 Å². The molecule has 0 aliphatic rings. The molecule has 2 aromatic carbocycles. The molecular formula is C30H39N. The molecule has 0 N–H and O–H groups in total. The molecule has 0 spiro atoms. The normalized spacial score (nSPS) is 11.0. The van der Waals surface area contributed by atoms with Crippen molar-refractivity contribution < 1.29 is 0 Å². The quantitative estimate of drug-likeness (QED) is 0.255. The van der Waals surface area contributed by atoms with Crippen LogP contribution in [-0.2, 0) is 12.8 Å². The Morgan fingerprint density at radius 1 is 0.484 bits per heavy atom. The lowest BCUT2D eigenvalue weighted by atomic mass is 9.99. The van der Waals surface area contributed by atoms with Crippen molar-refractivity contribution in [2.75, 3.05) is 0 Å². The fourth-order valence-electron chi connectivity index (χ4n) is 4.13. The molecule has 164 valence electrons. The summed E-state index contributed by atoms with van der Waals surface area (Å²) in [6.45, 7) is 4.53. The van der Waals surface area contributed by atoms with E-state index in [9.17, 15) is 0 Å². The van der Waals surface area contributed by atoms with Crippen molar-refractivity contribution in [1.29, 1.82) is 0 Å². The van der Waals surface area contributed by atoms with Gasteiger partial charge in [0, 0.05) is 11.8 Å². The minimum Gasteiger partial charge on any atom is -0.256 e. The van der Waals surface area contributed by atoms with E-state index in [0.717, 1.165) is 12.1 Å². The summed E-state index contributed by atoms with van der Waals surface area (Å²) in [6.07, 6.45) is 16.3. The number of nitrogens with zero attached hydrogens (tertiary/aromatic N) is 1. The van der Waals surface area contributed by atoms with Gasteiger partial charge in [-0.05, 0) is 54.0 Å². The highest BCUT2D eigenvalue weighted by Crippen LogP contribution is 2.25. The second-order valence-corrected chi connectivity index (χ2v) is 8.80. The monoisotopic (exact) mass is 413 g/mol. The van der Waals surface area contributed by atoms with Crippen molar-refractivity contribution in [3.63, 3.8) is 0 Å². The van der Waals surface area contributed by atoms with E-state index in [0.29, 0.717) is 0 Å². The molecule has 0 bridgehead atoms. The molecule has 0 radical (unpaired) electrons. The number of aromatic nitrogens is 1. The number of rotatable bonds is 13. The van der Waals surface area contributed by atoms with E-state index >= 15 is 0 Å². The molecule has 0 unspecified atom stereocenters. The predicted molar refractivity (Wildman–Crippen MR) is 135 cm³/mol. The van der Waals surface area contributed by atoms with E-state index in [1.165, 1.54) is 92.0 Å². The van der Waals surface area contributed by atoms with E-state index < -0.39 is 0 Å². The van der Waals surface area contributed by atoms with Crippen LogP contribution in [0.25, 0.3) is 22.4 Å². The summed E-state index contributed by atoms with van der Waals surface area (Å²) >= 11 is 0. The fraction of sp³-hybridized carbons (Fsp3) is 0.433. The van der Waals surface area contributed by atoms with Gasteiger partial charge >= 0.3 is 0 Å². The van der Waals surface area contributed by atoms with Crippen LogP contribution in [0.2, 0.25) is 0 Å².